The molecule has 2 heterocycles. The molecule has 0 atom stereocenters. The molecule has 0 saturated carbocycles. The van der Waals surface area contributed by atoms with Crippen molar-refractivity contribution in [2.45, 2.75) is 5.03 Å². The van der Waals surface area contributed by atoms with Crippen molar-refractivity contribution in [1.82, 2.24) is 19.8 Å². The second-order valence-corrected chi connectivity index (χ2v) is 3.48. The standard InChI is InChI=1S/C7H6N4O2S/c12-7(13)3-14-6-2-1-5-9-8-4-11(5)10-6/h1-2,4H,3H2,(H,12,13). The Kier molecular flexibility index (Phi) is 2.32. The zero-order valence-electron chi connectivity index (χ0n) is 6.99. The first-order chi connectivity index (χ1) is 6.75. The molecule has 2 rings (SSSR count). The van der Waals surface area contributed by atoms with Gasteiger partial charge in [-0.05, 0) is 12.1 Å². The number of fused-ring (bicyclic) bond motifs is 1. The monoisotopic (exact) mass is 210 g/mol. The molecule has 6 nitrogen and oxygen atoms in total. The van der Waals surface area contributed by atoms with E-state index in [0.717, 1.165) is 11.8 Å². The lowest BCUT2D eigenvalue weighted by Crippen LogP contribution is -1.99. The molecule has 0 radical (unpaired) electrons. The fourth-order valence-electron chi connectivity index (χ4n) is 0.924. The number of rotatable bonds is 3. The van der Waals surface area contributed by atoms with Crippen LogP contribution in [0.3, 0.4) is 0 Å². The molecule has 0 fully saturated rings. The summed E-state index contributed by atoms with van der Waals surface area (Å²) in [5, 5.41) is 20.6. The van der Waals surface area contributed by atoms with Gasteiger partial charge in [-0.3, -0.25) is 4.79 Å². The Hall–Kier alpha value is -1.63. The molecule has 0 bridgehead atoms. The number of hydrogen-bond donors (Lipinski definition) is 1. The highest BCUT2D eigenvalue weighted by molar-refractivity contribution is 7.99. The van der Waals surface area contributed by atoms with Gasteiger partial charge in [0, 0.05) is 0 Å². The zero-order chi connectivity index (χ0) is 9.97. The summed E-state index contributed by atoms with van der Waals surface area (Å²) in [6, 6.07) is 3.46. The highest BCUT2D eigenvalue weighted by atomic mass is 32.2. The summed E-state index contributed by atoms with van der Waals surface area (Å²) in [5.74, 6) is -0.860. The molecule has 0 unspecified atom stereocenters. The first-order valence-corrected chi connectivity index (χ1v) is 4.76. The molecule has 0 aromatic carbocycles. The molecule has 0 saturated heterocycles. The molecular weight excluding hydrogens is 204 g/mol. The van der Waals surface area contributed by atoms with Crippen molar-refractivity contribution >= 4 is 23.4 Å². The molecule has 2 aromatic rings. The number of aromatic nitrogens is 4. The molecule has 1 N–H and O–H groups in total. The van der Waals surface area contributed by atoms with E-state index in [9.17, 15) is 4.79 Å². The van der Waals surface area contributed by atoms with Gasteiger partial charge >= 0.3 is 5.97 Å². The summed E-state index contributed by atoms with van der Waals surface area (Å²) in [6.07, 6.45) is 1.47. The molecule has 0 amide bonds. The van der Waals surface area contributed by atoms with Gasteiger partial charge in [0.05, 0.1) is 5.75 Å². The third-order valence-corrected chi connectivity index (χ3v) is 2.39. The van der Waals surface area contributed by atoms with Gasteiger partial charge in [0.2, 0.25) is 0 Å². The Bertz CT molecular complexity index is 469. The summed E-state index contributed by atoms with van der Waals surface area (Å²) in [5.41, 5.74) is 0.643. The number of thioether (sulfide) groups is 1. The summed E-state index contributed by atoms with van der Waals surface area (Å²) < 4.78 is 1.50. The highest BCUT2D eigenvalue weighted by Crippen LogP contribution is 2.14. The van der Waals surface area contributed by atoms with E-state index in [-0.39, 0.29) is 5.75 Å². The molecule has 14 heavy (non-hydrogen) atoms. The Morgan fingerprint density at radius 2 is 2.43 bits per heavy atom. The number of carbonyl (C=O) groups is 1. The van der Waals surface area contributed by atoms with Gasteiger partial charge in [0.15, 0.2) is 5.65 Å². The molecule has 0 aliphatic heterocycles. The molecule has 72 valence electrons. The minimum absolute atomic E-state index is 0.000627. The number of hydrogen-bond acceptors (Lipinski definition) is 5. The molecule has 7 heteroatoms. The SMILES string of the molecule is O=C(O)CSc1ccc2nncn2n1. The van der Waals surface area contributed by atoms with Crippen LogP contribution in [-0.4, -0.2) is 36.6 Å². The average molecular weight is 210 g/mol. The number of carboxylic acid groups (broad SMARTS) is 1. The highest BCUT2D eigenvalue weighted by Gasteiger charge is 2.02. The van der Waals surface area contributed by atoms with E-state index in [1.54, 1.807) is 12.1 Å². The Morgan fingerprint density at radius 3 is 3.21 bits per heavy atom. The van der Waals surface area contributed by atoms with Crippen molar-refractivity contribution in [3.05, 3.63) is 18.5 Å². The Balaban J connectivity index is 2.21. The van der Waals surface area contributed by atoms with Gasteiger partial charge in [0.1, 0.15) is 11.4 Å². The van der Waals surface area contributed by atoms with E-state index in [2.05, 4.69) is 15.3 Å². The smallest absolute Gasteiger partial charge is 0.313 e. The molecule has 0 aliphatic carbocycles. The van der Waals surface area contributed by atoms with Gasteiger partial charge < -0.3 is 5.11 Å². The van der Waals surface area contributed by atoms with Crippen molar-refractivity contribution in [1.29, 1.82) is 0 Å². The van der Waals surface area contributed by atoms with E-state index in [1.807, 2.05) is 0 Å². The van der Waals surface area contributed by atoms with Crippen LogP contribution in [0.1, 0.15) is 0 Å². The van der Waals surface area contributed by atoms with Gasteiger partial charge in [-0.2, -0.15) is 9.61 Å². The lowest BCUT2D eigenvalue weighted by molar-refractivity contribution is -0.133. The topological polar surface area (TPSA) is 80.4 Å². The first-order valence-electron chi connectivity index (χ1n) is 3.77. The number of nitrogens with zero attached hydrogens (tertiary/aromatic N) is 4. The Labute approximate surface area is 83.0 Å². The molecule has 0 spiro atoms. The second-order valence-electron chi connectivity index (χ2n) is 2.49. The van der Waals surface area contributed by atoms with Crippen LogP contribution in [0.5, 0.6) is 0 Å². The summed E-state index contributed by atoms with van der Waals surface area (Å²) in [7, 11) is 0. The van der Waals surface area contributed by atoms with Crippen LogP contribution in [0.4, 0.5) is 0 Å². The van der Waals surface area contributed by atoms with Crippen LogP contribution in [0, 0.1) is 0 Å². The quantitative estimate of drug-likeness (QED) is 0.734. The van der Waals surface area contributed by atoms with Crippen molar-refractivity contribution in [2.24, 2.45) is 0 Å². The predicted molar refractivity (Wildman–Crippen MR) is 49.1 cm³/mol. The average Bonchev–Trinajstić information content (AvgIpc) is 2.61. The second kappa shape index (κ2) is 3.62. The van der Waals surface area contributed by atoms with E-state index < -0.39 is 5.97 Å². The maximum atomic E-state index is 10.3. The van der Waals surface area contributed by atoms with E-state index in [0.29, 0.717) is 10.7 Å². The van der Waals surface area contributed by atoms with Crippen LogP contribution in [0.2, 0.25) is 0 Å². The normalized spacial score (nSPS) is 10.6. The van der Waals surface area contributed by atoms with E-state index >= 15 is 0 Å². The van der Waals surface area contributed by atoms with Gasteiger partial charge in [-0.25, -0.2) is 0 Å². The van der Waals surface area contributed by atoms with Crippen molar-refractivity contribution in [3.63, 3.8) is 0 Å². The Morgan fingerprint density at radius 1 is 1.57 bits per heavy atom. The van der Waals surface area contributed by atoms with E-state index in [1.165, 1.54) is 10.8 Å². The molecule has 0 aliphatic rings. The molecule has 2 aromatic heterocycles. The lowest BCUT2D eigenvalue weighted by atomic mass is 10.6. The zero-order valence-corrected chi connectivity index (χ0v) is 7.81. The van der Waals surface area contributed by atoms with Crippen molar-refractivity contribution in [2.75, 3.05) is 5.75 Å². The fraction of sp³-hybridized carbons (Fsp3) is 0.143. The fourth-order valence-corrected chi connectivity index (χ4v) is 1.50. The third-order valence-electron chi connectivity index (χ3n) is 1.48. The van der Waals surface area contributed by atoms with E-state index in [4.69, 9.17) is 5.11 Å². The van der Waals surface area contributed by atoms with Gasteiger partial charge in [0.25, 0.3) is 0 Å². The lowest BCUT2D eigenvalue weighted by Gasteiger charge is -1.97. The maximum absolute atomic E-state index is 10.3. The van der Waals surface area contributed by atoms with Crippen molar-refractivity contribution in [3.8, 4) is 0 Å². The first kappa shape index (κ1) is 8.95. The van der Waals surface area contributed by atoms with Crippen LogP contribution in [0.15, 0.2) is 23.5 Å². The largest absolute Gasteiger partial charge is 0.481 e. The van der Waals surface area contributed by atoms with Gasteiger partial charge in [-0.1, -0.05) is 11.8 Å². The maximum Gasteiger partial charge on any atom is 0.313 e. The minimum atomic E-state index is -0.861. The summed E-state index contributed by atoms with van der Waals surface area (Å²) in [6.45, 7) is 0. The van der Waals surface area contributed by atoms with Crippen LogP contribution in [0.25, 0.3) is 5.65 Å². The minimum Gasteiger partial charge on any atom is -0.481 e. The number of carboxylic acids is 1. The van der Waals surface area contributed by atoms with Crippen LogP contribution < -0.4 is 0 Å². The predicted octanol–water partition coefficient (Wildman–Crippen LogP) is 0.301. The van der Waals surface area contributed by atoms with Crippen LogP contribution >= 0.6 is 11.8 Å². The van der Waals surface area contributed by atoms with Crippen LogP contribution in [-0.2, 0) is 4.79 Å². The van der Waals surface area contributed by atoms with Crippen molar-refractivity contribution < 1.29 is 9.90 Å². The third kappa shape index (κ3) is 1.82. The molecular formula is C7H6N4O2S. The van der Waals surface area contributed by atoms with Gasteiger partial charge in [-0.15, -0.1) is 10.2 Å². The number of aliphatic carboxylic acids is 1. The summed E-state index contributed by atoms with van der Waals surface area (Å²) in [4.78, 5) is 10.3. The summed E-state index contributed by atoms with van der Waals surface area (Å²) >= 11 is 1.16.